The molecule has 1 aliphatic heterocycles. The van der Waals surface area contributed by atoms with Crippen molar-refractivity contribution in [1.29, 1.82) is 0 Å². The van der Waals surface area contributed by atoms with Gasteiger partial charge >= 0.3 is 5.97 Å². The van der Waals surface area contributed by atoms with Gasteiger partial charge in [0.1, 0.15) is 0 Å². The molecule has 0 spiro atoms. The number of rotatable bonds is 12. The number of aliphatic hydroxyl groups is 1. The lowest BCUT2D eigenvalue weighted by atomic mass is 9.93. The third kappa shape index (κ3) is 7.74. The van der Waals surface area contributed by atoms with Gasteiger partial charge in [-0.1, -0.05) is 66.7 Å². The SMILES string of the molecule is O=C(O)CC/C=C\CC[C@@H]1[C@@H](N2CCOCC2)[C@@H](O)C[C@@H]1OCc1ccc(Cc2ccccc2)cc1. The van der Waals surface area contributed by atoms with Crippen LogP contribution in [0.1, 0.15) is 48.8 Å². The van der Waals surface area contributed by atoms with Gasteiger partial charge in [-0.25, -0.2) is 0 Å². The molecule has 2 aliphatic rings. The van der Waals surface area contributed by atoms with Gasteiger partial charge in [0.05, 0.1) is 32.0 Å². The van der Waals surface area contributed by atoms with Crippen LogP contribution in [0, 0.1) is 5.92 Å². The lowest BCUT2D eigenvalue weighted by molar-refractivity contribution is -0.136. The van der Waals surface area contributed by atoms with Crippen molar-refractivity contribution in [2.75, 3.05) is 26.3 Å². The minimum Gasteiger partial charge on any atom is -0.481 e. The number of benzene rings is 2. The van der Waals surface area contributed by atoms with Gasteiger partial charge in [-0.2, -0.15) is 0 Å². The lowest BCUT2D eigenvalue weighted by Gasteiger charge is -2.38. The predicted octanol–water partition coefficient (Wildman–Crippen LogP) is 4.45. The molecule has 0 aromatic heterocycles. The number of ether oxygens (including phenoxy) is 2. The first-order chi connectivity index (χ1) is 17.6. The zero-order chi connectivity index (χ0) is 25.2. The number of carbonyl (C=O) groups is 1. The maximum Gasteiger partial charge on any atom is 0.303 e. The first-order valence-corrected chi connectivity index (χ1v) is 13.2. The van der Waals surface area contributed by atoms with E-state index in [9.17, 15) is 9.90 Å². The molecule has 2 aromatic carbocycles. The van der Waals surface area contributed by atoms with Gasteiger partial charge in [0.15, 0.2) is 0 Å². The number of aliphatic carboxylic acids is 1. The normalized spacial score (nSPS) is 24.9. The molecular weight excluding hydrogens is 454 g/mol. The Morgan fingerprint density at radius 1 is 0.972 bits per heavy atom. The van der Waals surface area contributed by atoms with Crippen LogP contribution in [-0.4, -0.2) is 65.6 Å². The second-order valence-electron chi connectivity index (χ2n) is 9.92. The maximum absolute atomic E-state index is 11.0. The summed E-state index contributed by atoms with van der Waals surface area (Å²) >= 11 is 0. The molecule has 2 fully saturated rings. The standard InChI is InChI=1S/C30H39NO5/c32-27-21-28(36-22-25-14-12-24(13-15-25)20-23-8-4-3-5-9-23)26(10-6-1-2-7-11-29(33)34)30(27)31-16-18-35-19-17-31/h1-5,8-9,12-15,26-28,30,32H,6-7,10-11,16-22H2,(H,33,34)/b2-1-/t26-,27-,28-,30+/m0/s1. The average molecular weight is 494 g/mol. The van der Waals surface area contributed by atoms with Crippen molar-refractivity contribution in [2.24, 2.45) is 5.92 Å². The summed E-state index contributed by atoms with van der Waals surface area (Å²) < 4.78 is 12.0. The number of aliphatic hydroxyl groups excluding tert-OH is 1. The third-order valence-electron chi connectivity index (χ3n) is 7.35. The fourth-order valence-corrected chi connectivity index (χ4v) is 5.51. The van der Waals surface area contributed by atoms with Gasteiger partial charge in [-0.3, -0.25) is 9.69 Å². The Hall–Kier alpha value is -2.51. The van der Waals surface area contributed by atoms with E-state index >= 15 is 0 Å². The van der Waals surface area contributed by atoms with Crippen molar-refractivity contribution < 1.29 is 24.5 Å². The molecule has 6 heteroatoms. The fraction of sp³-hybridized carbons (Fsp3) is 0.500. The van der Waals surface area contributed by atoms with E-state index in [0.717, 1.165) is 37.9 Å². The first-order valence-electron chi connectivity index (χ1n) is 13.2. The van der Waals surface area contributed by atoms with E-state index in [0.29, 0.717) is 32.7 Å². The highest BCUT2D eigenvalue weighted by atomic mass is 16.5. The Kier molecular flexibility index (Phi) is 10.1. The number of morpholine rings is 1. The van der Waals surface area contributed by atoms with E-state index in [1.807, 2.05) is 12.1 Å². The van der Waals surface area contributed by atoms with Gasteiger partial charge in [0.25, 0.3) is 0 Å². The Balaban J connectivity index is 1.35. The highest BCUT2D eigenvalue weighted by Crippen LogP contribution is 2.37. The highest BCUT2D eigenvalue weighted by Gasteiger charge is 2.45. The van der Waals surface area contributed by atoms with Gasteiger partial charge in [-0.05, 0) is 42.4 Å². The largest absolute Gasteiger partial charge is 0.481 e. The van der Waals surface area contributed by atoms with Crippen LogP contribution >= 0.6 is 0 Å². The molecule has 2 N–H and O–H groups in total. The second-order valence-corrected chi connectivity index (χ2v) is 9.92. The van der Waals surface area contributed by atoms with Crippen molar-refractivity contribution >= 4 is 5.97 Å². The molecule has 0 radical (unpaired) electrons. The number of nitrogens with zero attached hydrogens (tertiary/aromatic N) is 1. The molecule has 1 saturated heterocycles. The molecule has 194 valence electrons. The molecule has 1 aliphatic carbocycles. The van der Waals surface area contributed by atoms with Crippen molar-refractivity contribution in [2.45, 2.75) is 63.4 Å². The summed E-state index contributed by atoms with van der Waals surface area (Å²) in [7, 11) is 0. The van der Waals surface area contributed by atoms with Crippen molar-refractivity contribution in [3.8, 4) is 0 Å². The Bertz CT molecular complexity index is 955. The molecule has 1 heterocycles. The van der Waals surface area contributed by atoms with Crippen LogP contribution < -0.4 is 0 Å². The zero-order valence-corrected chi connectivity index (χ0v) is 21.0. The van der Waals surface area contributed by atoms with E-state index in [4.69, 9.17) is 14.6 Å². The summed E-state index contributed by atoms with van der Waals surface area (Å²) in [6, 6.07) is 19.2. The fourth-order valence-electron chi connectivity index (χ4n) is 5.51. The van der Waals surface area contributed by atoms with Crippen molar-refractivity contribution in [1.82, 2.24) is 4.90 Å². The third-order valence-corrected chi connectivity index (χ3v) is 7.35. The molecule has 0 amide bonds. The van der Waals surface area contributed by atoms with Gasteiger partial charge in [-0.15, -0.1) is 0 Å². The van der Waals surface area contributed by atoms with Crippen LogP contribution in [0.3, 0.4) is 0 Å². The van der Waals surface area contributed by atoms with Crippen LogP contribution in [0.2, 0.25) is 0 Å². The predicted molar refractivity (Wildman–Crippen MR) is 140 cm³/mol. The molecule has 36 heavy (non-hydrogen) atoms. The van der Waals surface area contributed by atoms with Gasteiger partial charge in [0, 0.05) is 37.9 Å². The molecule has 0 bridgehead atoms. The van der Waals surface area contributed by atoms with E-state index in [1.54, 1.807) is 0 Å². The number of carboxylic acid groups (broad SMARTS) is 1. The second kappa shape index (κ2) is 13.7. The Morgan fingerprint density at radius 2 is 1.64 bits per heavy atom. The Morgan fingerprint density at radius 3 is 2.36 bits per heavy atom. The van der Waals surface area contributed by atoms with Gasteiger partial charge in [0.2, 0.25) is 0 Å². The molecule has 6 nitrogen and oxygen atoms in total. The van der Waals surface area contributed by atoms with Crippen LogP contribution in [0.15, 0.2) is 66.7 Å². The summed E-state index contributed by atoms with van der Waals surface area (Å²) in [6.45, 7) is 3.60. The van der Waals surface area contributed by atoms with E-state index in [1.165, 1.54) is 11.1 Å². The minimum absolute atomic E-state index is 0.00994. The van der Waals surface area contributed by atoms with Crippen LogP contribution in [0.4, 0.5) is 0 Å². The molecule has 1 saturated carbocycles. The van der Waals surface area contributed by atoms with Crippen LogP contribution in [0.5, 0.6) is 0 Å². The van der Waals surface area contributed by atoms with Crippen molar-refractivity contribution in [3.05, 3.63) is 83.4 Å². The average Bonchev–Trinajstić information content (AvgIpc) is 3.21. The minimum atomic E-state index is -0.771. The molecule has 0 unspecified atom stereocenters. The molecule has 2 aromatic rings. The quantitative estimate of drug-likeness (QED) is 0.426. The molecular formula is C30H39NO5. The van der Waals surface area contributed by atoms with Crippen molar-refractivity contribution in [3.63, 3.8) is 0 Å². The monoisotopic (exact) mass is 493 g/mol. The number of carboxylic acids is 1. The lowest BCUT2D eigenvalue weighted by Crippen LogP contribution is -2.50. The van der Waals surface area contributed by atoms with Gasteiger partial charge < -0.3 is 19.7 Å². The number of allylic oxidation sites excluding steroid dienone is 2. The first kappa shape index (κ1) is 26.6. The summed E-state index contributed by atoms with van der Waals surface area (Å²) in [5.41, 5.74) is 3.72. The summed E-state index contributed by atoms with van der Waals surface area (Å²) in [6.07, 6.45) is 7.63. The highest BCUT2D eigenvalue weighted by molar-refractivity contribution is 5.66. The topological polar surface area (TPSA) is 79.2 Å². The van der Waals surface area contributed by atoms with E-state index < -0.39 is 12.1 Å². The summed E-state index contributed by atoms with van der Waals surface area (Å²) in [5, 5.41) is 19.8. The Labute approximate surface area is 214 Å². The number of hydrogen-bond donors (Lipinski definition) is 2. The number of hydrogen-bond acceptors (Lipinski definition) is 5. The summed E-state index contributed by atoms with van der Waals surface area (Å²) in [5.74, 6) is -0.549. The van der Waals surface area contributed by atoms with E-state index in [-0.39, 0.29) is 24.5 Å². The zero-order valence-electron chi connectivity index (χ0n) is 21.0. The smallest absolute Gasteiger partial charge is 0.303 e. The van der Waals surface area contributed by atoms with E-state index in [2.05, 4.69) is 59.5 Å². The maximum atomic E-state index is 11.0. The van der Waals surface area contributed by atoms with Crippen LogP contribution in [0.25, 0.3) is 0 Å². The molecule has 4 rings (SSSR count). The summed E-state index contributed by atoms with van der Waals surface area (Å²) in [4.78, 5) is 13.1. The molecule has 4 atom stereocenters. The van der Waals surface area contributed by atoms with Crippen LogP contribution in [-0.2, 0) is 27.3 Å².